The van der Waals surface area contributed by atoms with Crippen LogP contribution < -0.4 is 10.5 Å². The monoisotopic (exact) mass is 488 g/mol. The van der Waals surface area contributed by atoms with Crippen LogP contribution in [0.5, 0.6) is 5.75 Å². The number of pyridine rings is 1. The lowest BCUT2D eigenvalue weighted by molar-refractivity contribution is 0.0339. The first kappa shape index (κ1) is 23.2. The highest BCUT2D eigenvalue weighted by atomic mass is 16.5. The van der Waals surface area contributed by atoms with E-state index in [0.29, 0.717) is 23.6 Å². The van der Waals surface area contributed by atoms with E-state index >= 15 is 0 Å². The van der Waals surface area contributed by atoms with Crippen molar-refractivity contribution >= 4 is 5.97 Å². The number of rotatable bonds is 7. The first-order valence-corrected chi connectivity index (χ1v) is 12.7. The molecule has 1 aliphatic heterocycles. The van der Waals surface area contributed by atoms with E-state index in [1.165, 1.54) is 0 Å². The molecule has 188 valence electrons. The fourth-order valence-corrected chi connectivity index (χ4v) is 5.62. The van der Waals surface area contributed by atoms with Crippen LogP contribution in [0.1, 0.15) is 51.6 Å². The Morgan fingerprint density at radius 1 is 1.28 bits per heavy atom. The van der Waals surface area contributed by atoms with Gasteiger partial charge in [-0.05, 0) is 67.0 Å². The molecule has 2 aliphatic carbocycles. The molecule has 0 bridgehead atoms. The summed E-state index contributed by atoms with van der Waals surface area (Å²) in [6.07, 6.45) is 5.47. The number of aromatic amines is 1. The molecule has 2 aromatic heterocycles. The average molecular weight is 489 g/mol. The summed E-state index contributed by atoms with van der Waals surface area (Å²) in [6, 6.07) is 8.00. The van der Waals surface area contributed by atoms with Gasteiger partial charge in [-0.2, -0.15) is 0 Å². The lowest BCUT2D eigenvalue weighted by atomic mass is 9.88. The van der Waals surface area contributed by atoms with Gasteiger partial charge in [-0.15, -0.1) is 0 Å². The van der Waals surface area contributed by atoms with E-state index in [9.17, 15) is 9.90 Å². The number of aromatic carboxylic acids is 1. The van der Waals surface area contributed by atoms with E-state index in [4.69, 9.17) is 20.2 Å². The maximum absolute atomic E-state index is 12.3. The van der Waals surface area contributed by atoms with Gasteiger partial charge in [0, 0.05) is 54.3 Å². The molecular formula is C28H32N4O4. The number of hydrogen-bond donors (Lipinski definition) is 3. The van der Waals surface area contributed by atoms with Gasteiger partial charge in [-0.25, -0.2) is 4.79 Å². The van der Waals surface area contributed by atoms with Gasteiger partial charge in [0.1, 0.15) is 5.75 Å². The first-order valence-electron chi connectivity index (χ1n) is 12.7. The van der Waals surface area contributed by atoms with Gasteiger partial charge in [0.2, 0.25) is 0 Å². The molecule has 1 aromatic carbocycles. The minimum absolute atomic E-state index is 0.268. The van der Waals surface area contributed by atoms with Crippen molar-refractivity contribution < 1.29 is 19.4 Å². The topological polar surface area (TPSA) is 114 Å². The van der Waals surface area contributed by atoms with Crippen LogP contribution >= 0.6 is 0 Å². The summed E-state index contributed by atoms with van der Waals surface area (Å²) in [5, 5.41) is 10.0. The molecule has 3 aromatic rings. The number of carboxylic acids is 1. The summed E-state index contributed by atoms with van der Waals surface area (Å²) in [6.45, 7) is 4.08. The maximum atomic E-state index is 12.3. The number of aromatic nitrogens is 2. The summed E-state index contributed by atoms with van der Waals surface area (Å²) >= 11 is 0. The Balaban J connectivity index is 1.38. The molecule has 0 amide bonds. The Labute approximate surface area is 210 Å². The molecule has 2 fully saturated rings. The van der Waals surface area contributed by atoms with Crippen molar-refractivity contribution in [2.75, 3.05) is 33.4 Å². The number of carbonyl (C=O) groups is 1. The van der Waals surface area contributed by atoms with Gasteiger partial charge in [0.15, 0.2) is 0 Å². The number of H-pyrrole nitrogens is 1. The molecule has 8 heteroatoms. The third-order valence-corrected chi connectivity index (χ3v) is 7.78. The Kier molecular flexibility index (Phi) is 6.03. The van der Waals surface area contributed by atoms with E-state index in [2.05, 4.69) is 22.0 Å². The van der Waals surface area contributed by atoms with Crippen LogP contribution in [0, 0.1) is 5.92 Å². The second-order valence-electron chi connectivity index (χ2n) is 10.1. The fraction of sp³-hybridized carbons (Fsp3) is 0.429. The van der Waals surface area contributed by atoms with Crippen molar-refractivity contribution in [3.05, 3.63) is 58.4 Å². The lowest BCUT2D eigenvalue weighted by Gasteiger charge is -2.27. The van der Waals surface area contributed by atoms with Gasteiger partial charge < -0.3 is 25.3 Å². The molecule has 6 rings (SSSR count). The summed E-state index contributed by atoms with van der Waals surface area (Å²) in [5.41, 5.74) is 14.4. The normalized spacial score (nSPS) is 18.4. The Morgan fingerprint density at radius 2 is 2.08 bits per heavy atom. The quantitative estimate of drug-likeness (QED) is 0.464. The second kappa shape index (κ2) is 9.35. The van der Waals surface area contributed by atoms with Gasteiger partial charge in [0.05, 0.1) is 37.3 Å². The number of hydrogen-bond acceptors (Lipinski definition) is 6. The third kappa shape index (κ3) is 4.19. The number of nitrogens with two attached hydrogens (primary N) is 1. The van der Waals surface area contributed by atoms with E-state index in [-0.39, 0.29) is 6.04 Å². The van der Waals surface area contributed by atoms with Crippen LogP contribution in [0.2, 0.25) is 0 Å². The van der Waals surface area contributed by atoms with Crippen molar-refractivity contribution in [1.82, 2.24) is 14.9 Å². The predicted molar refractivity (Wildman–Crippen MR) is 136 cm³/mol. The maximum Gasteiger partial charge on any atom is 0.337 e. The van der Waals surface area contributed by atoms with Crippen LogP contribution in [0.4, 0.5) is 0 Å². The van der Waals surface area contributed by atoms with Gasteiger partial charge in [-0.1, -0.05) is 0 Å². The zero-order chi connectivity index (χ0) is 24.8. The number of benzene rings is 1. The Hall–Kier alpha value is -3.20. The first-order chi connectivity index (χ1) is 17.5. The second-order valence-corrected chi connectivity index (χ2v) is 10.1. The lowest BCUT2D eigenvalue weighted by Crippen LogP contribution is -2.35. The van der Waals surface area contributed by atoms with Crippen LogP contribution in [0.15, 0.2) is 30.5 Å². The molecule has 1 unspecified atom stereocenters. The van der Waals surface area contributed by atoms with Crippen molar-refractivity contribution in [2.24, 2.45) is 11.7 Å². The molecule has 0 radical (unpaired) electrons. The number of nitrogens with zero attached hydrogens (tertiary/aromatic N) is 2. The number of nitrogens with one attached hydrogen (secondary N) is 1. The van der Waals surface area contributed by atoms with Crippen LogP contribution in [-0.4, -0.2) is 59.4 Å². The molecular weight excluding hydrogens is 456 g/mol. The molecule has 1 saturated heterocycles. The summed E-state index contributed by atoms with van der Waals surface area (Å²) in [4.78, 5) is 22.9. The SMILES string of the molecule is COc1ccc(-c2cc3c(cn2)CCc2c-3[nH]c(C(N)C3CC3)c2C(=O)O)cc1CN1CCOCC1. The van der Waals surface area contributed by atoms with E-state index in [1.807, 2.05) is 18.3 Å². The molecule has 3 aliphatic rings. The van der Waals surface area contributed by atoms with Gasteiger partial charge >= 0.3 is 5.97 Å². The number of carboxylic acid groups (broad SMARTS) is 1. The molecule has 0 spiro atoms. The van der Waals surface area contributed by atoms with Crippen molar-refractivity contribution in [1.29, 1.82) is 0 Å². The van der Waals surface area contributed by atoms with Crippen LogP contribution in [0.25, 0.3) is 22.5 Å². The summed E-state index contributed by atoms with van der Waals surface area (Å²) in [7, 11) is 1.70. The minimum Gasteiger partial charge on any atom is -0.496 e. The summed E-state index contributed by atoms with van der Waals surface area (Å²) < 4.78 is 11.1. The fourth-order valence-electron chi connectivity index (χ4n) is 5.62. The number of ether oxygens (including phenoxy) is 2. The van der Waals surface area contributed by atoms with Crippen molar-refractivity contribution in [3.63, 3.8) is 0 Å². The highest BCUT2D eigenvalue weighted by molar-refractivity contribution is 5.95. The summed E-state index contributed by atoms with van der Waals surface area (Å²) in [5.74, 6) is 0.318. The largest absolute Gasteiger partial charge is 0.496 e. The zero-order valence-electron chi connectivity index (χ0n) is 20.5. The highest BCUT2D eigenvalue weighted by Crippen LogP contribution is 2.44. The predicted octanol–water partition coefficient (Wildman–Crippen LogP) is 3.79. The van der Waals surface area contributed by atoms with E-state index in [0.717, 1.165) is 97.1 Å². The van der Waals surface area contributed by atoms with Crippen LogP contribution in [0.3, 0.4) is 0 Å². The van der Waals surface area contributed by atoms with Crippen molar-refractivity contribution in [3.8, 4) is 28.3 Å². The van der Waals surface area contributed by atoms with Gasteiger partial charge in [-0.3, -0.25) is 9.88 Å². The van der Waals surface area contributed by atoms with Crippen molar-refractivity contribution in [2.45, 2.75) is 38.3 Å². The minimum atomic E-state index is -0.903. The molecule has 8 nitrogen and oxygen atoms in total. The molecule has 3 heterocycles. The number of morpholine rings is 1. The van der Waals surface area contributed by atoms with E-state index in [1.54, 1.807) is 7.11 Å². The Morgan fingerprint density at radius 3 is 2.81 bits per heavy atom. The molecule has 36 heavy (non-hydrogen) atoms. The molecule has 4 N–H and O–H groups in total. The molecule has 1 atom stereocenters. The van der Waals surface area contributed by atoms with Crippen LogP contribution in [-0.2, 0) is 24.1 Å². The van der Waals surface area contributed by atoms with E-state index < -0.39 is 5.97 Å². The highest BCUT2D eigenvalue weighted by Gasteiger charge is 2.36. The number of methoxy groups -OCH3 is 1. The smallest absolute Gasteiger partial charge is 0.337 e. The number of aryl methyl sites for hydroxylation is 1. The standard InChI is InChI=1S/C28H32N4O4/c1-35-23-7-5-17(12-19(23)15-32-8-10-36-11-9-32)22-13-21-18(14-30-22)4-6-20-24(28(33)34)27(31-26(20)21)25(29)16-2-3-16/h5,7,12-14,16,25,31H,2-4,6,8-11,15,29H2,1H3,(H,33,34). The Bertz CT molecular complexity index is 1310. The van der Waals surface area contributed by atoms with Gasteiger partial charge in [0.25, 0.3) is 0 Å². The number of fused-ring (bicyclic) bond motifs is 3. The average Bonchev–Trinajstić information content (AvgIpc) is 3.67. The third-order valence-electron chi connectivity index (χ3n) is 7.78. The molecule has 1 saturated carbocycles. The zero-order valence-corrected chi connectivity index (χ0v) is 20.5.